The van der Waals surface area contributed by atoms with Crippen molar-refractivity contribution in [2.45, 2.75) is 31.2 Å². The van der Waals surface area contributed by atoms with Crippen molar-refractivity contribution < 1.29 is 17.7 Å². The number of nitro groups is 1. The SMILES string of the molecule is CC1(C)CC1NS(=O)(=O)c1cccc(F)c1[N+](=O)[O-]. The van der Waals surface area contributed by atoms with Gasteiger partial charge in [-0.1, -0.05) is 19.9 Å². The van der Waals surface area contributed by atoms with Crippen molar-refractivity contribution in [2.75, 3.05) is 0 Å². The monoisotopic (exact) mass is 288 g/mol. The van der Waals surface area contributed by atoms with Gasteiger partial charge in [-0.05, 0) is 24.0 Å². The third kappa shape index (κ3) is 2.59. The van der Waals surface area contributed by atoms with Crippen molar-refractivity contribution in [3.63, 3.8) is 0 Å². The van der Waals surface area contributed by atoms with E-state index in [0.29, 0.717) is 6.42 Å². The Morgan fingerprint density at radius 1 is 1.47 bits per heavy atom. The Morgan fingerprint density at radius 2 is 2.05 bits per heavy atom. The summed E-state index contributed by atoms with van der Waals surface area (Å²) in [7, 11) is -4.10. The van der Waals surface area contributed by atoms with E-state index in [4.69, 9.17) is 0 Å². The highest BCUT2D eigenvalue weighted by molar-refractivity contribution is 7.89. The van der Waals surface area contributed by atoms with Crippen LogP contribution in [0.3, 0.4) is 0 Å². The molecular formula is C11H13FN2O4S. The highest BCUT2D eigenvalue weighted by Crippen LogP contribution is 2.45. The standard InChI is InChI=1S/C11H13FN2O4S/c1-11(2)6-9(11)13-19(17,18)8-5-3-4-7(12)10(8)14(15)16/h3-5,9,13H,6H2,1-2H3. The number of hydrogen-bond acceptors (Lipinski definition) is 4. The maximum absolute atomic E-state index is 13.4. The van der Waals surface area contributed by atoms with E-state index in [2.05, 4.69) is 4.72 Å². The van der Waals surface area contributed by atoms with Crippen molar-refractivity contribution >= 4 is 15.7 Å². The largest absolute Gasteiger partial charge is 0.324 e. The average molecular weight is 288 g/mol. The van der Waals surface area contributed by atoms with Gasteiger partial charge in [0, 0.05) is 6.04 Å². The molecule has 1 fully saturated rings. The Hall–Kier alpha value is -1.54. The summed E-state index contributed by atoms with van der Waals surface area (Å²) >= 11 is 0. The molecule has 0 spiro atoms. The molecule has 0 aromatic heterocycles. The van der Waals surface area contributed by atoms with E-state index in [9.17, 15) is 22.9 Å². The van der Waals surface area contributed by atoms with E-state index in [0.717, 1.165) is 18.2 Å². The number of nitrogens with zero attached hydrogens (tertiary/aromatic N) is 1. The Balaban J connectivity index is 2.41. The molecule has 1 N–H and O–H groups in total. The molecule has 2 rings (SSSR count). The molecule has 1 atom stereocenters. The first-order chi connectivity index (χ1) is 8.65. The summed E-state index contributed by atoms with van der Waals surface area (Å²) in [6.45, 7) is 3.75. The van der Waals surface area contributed by atoms with Crippen LogP contribution in [-0.4, -0.2) is 19.4 Å². The fourth-order valence-electron chi connectivity index (χ4n) is 1.81. The topological polar surface area (TPSA) is 89.3 Å². The first-order valence-corrected chi connectivity index (χ1v) is 7.09. The zero-order valence-corrected chi connectivity index (χ0v) is 11.2. The summed E-state index contributed by atoms with van der Waals surface area (Å²) < 4.78 is 39.9. The third-order valence-corrected chi connectivity index (χ3v) is 4.74. The quantitative estimate of drug-likeness (QED) is 0.676. The summed E-state index contributed by atoms with van der Waals surface area (Å²) in [5, 5.41) is 10.8. The van der Waals surface area contributed by atoms with Crippen LogP contribution in [-0.2, 0) is 10.0 Å². The second-order valence-electron chi connectivity index (χ2n) is 5.21. The lowest BCUT2D eigenvalue weighted by atomic mass is 10.2. The zero-order valence-electron chi connectivity index (χ0n) is 10.4. The molecule has 104 valence electrons. The molecular weight excluding hydrogens is 275 g/mol. The van der Waals surface area contributed by atoms with Crippen molar-refractivity contribution in [3.8, 4) is 0 Å². The maximum Gasteiger partial charge on any atom is 0.324 e. The molecule has 0 amide bonds. The summed E-state index contributed by atoms with van der Waals surface area (Å²) in [5.41, 5.74) is -1.19. The maximum atomic E-state index is 13.4. The predicted molar refractivity (Wildman–Crippen MR) is 65.6 cm³/mol. The molecule has 0 bridgehead atoms. The highest BCUT2D eigenvalue weighted by atomic mass is 32.2. The molecule has 8 heteroatoms. The van der Waals surface area contributed by atoms with Gasteiger partial charge in [-0.3, -0.25) is 10.1 Å². The minimum Gasteiger partial charge on any atom is -0.258 e. The normalized spacial score (nSPS) is 21.1. The molecule has 0 radical (unpaired) electrons. The number of hydrogen-bond donors (Lipinski definition) is 1. The van der Waals surface area contributed by atoms with E-state index in [1.807, 2.05) is 13.8 Å². The van der Waals surface area contributed by atoms with Crippen LogP contribution in [0.1, 0.15) is 20.3 Å². The van der Waals surface area contributed by atoms with E-state index < -0.39 is 31.3 Å². The number of nitro benzene ring substituents is 1. The summed E-state index contributed by atoms with van der Waals surface area (Å²) in [6.07, 6.45) is 0.648. The molecule has 0 heterocycles. The smallest absolute Gasteiger partial charge is 0.258 e. The molecule has 0 saturated heterocycles. The van der Waals surface area contributed by atoms with Crippen molar-refractivity contribution in [2.24, 2.45) is 5.41 Å². The molecule has 1 unspecified atom stereocenters. The predicted octanol–water partition coefficient (Wildman–Crippen LogP) is 1.81. The Labute approximate surface area is 109 Å². The Morgan fingerprint density at radius 3 is 2.53 bits per heavy atom. The van der Waals surface area contributed by atoms with Crippen LogP contribution in [0, 0.1) is 21.3 Å². The minimum atomic E-state index is -4.10. The van der Waals surface area contributed by atoms with Gasteiger partial charge in [0.05, 0.1) is 4.92 Å². The van der Waals surface area contributed by atoms with Crippen LogP contribution in [0.2, 0.25) is 0 Å². The summed E-state index contributed by atoms with van der Waals surface area (Å²) in [6, 6.07) is 2.74. The lowest BCUT2D eigenvalue weighted by Gasteiger charge is -2.08. The number of para-hydroxylation sites is 1. The van der Waals surface area contributed by atoms with Gasteiger partial charge in [-0.15, -0.1) is 0 Å². The molecule has 1 aliphatic rings. The molecule has 6 nitrogen and oxygen atoms in total. The van der Waals surface area contributed by atoms with E-state index in [1.165, 1.54) is 0 Å². The van der Waals surface area contributed by atoms with Crippen LogP contribution in [0.4, 0.5) is 10.1 Å². The van der Waals surface area contributed by atoms with Gasteiger partial charge in [0.15, 0.2) is 4.90 Å². The van der Waals surface area contributed by atoms with Gasteiger partial charge in [0.25, 0.3) is 0 Å². The first-order valence-electron chi connectivity index (χ1n) is 5.60. The molecule has 1 saturated carbocycles. The Bertz CT molecular complexity index is 642. The molecule has 1 aliphatic carbocycles. The second-order valence-corrected chi connectivity index (χ2v) is 6.89. The van der Waals surface area contributed by atoms with Gasteiger partial charge in [-0.25, -0.2) is 13.1 Å². The first kappa shape index (κ1) is 13.9. The average Bonchev–Trinajstić information content (AvgIpc) is 2.83. The van der Waals surface area contributed by atoms with Crippen molar-refractivity contribution in [1.82, 2.24) is 4.72 Å². The van der Waals surface area contributed by atoms with Crippen molar-refractivity contribution in [1.29, 1.82) is 0 Å². The molecule has 1 aromatic rings. The van der Waals surface area contributed by atoms with Gasteiger partial charge >= 0.3 is 5.69 Å². The van der Waals surface area contributed by atoms with Gasteiger partial charge in [-0.2, -0.15) is 4.39 Å². The Kier molecular flexibility index (Phi) is 3.10. The molecule has 0 aliphatic heterocycles. The lowest BCUT2D eigenvalue weighted by Crippen LogP contribution is -2.29. The van der Waals surface area contributed by atoms with E-state index >= 15 is 0 Å². The van der Waals surface area contributed by atoms with Crippen LogP contribution in [0.5, 0.6) is 0 Å². The van der Waals surface area contributed by atoms with Gasteiger partial charge < -0.3 is 0 Å². The fourth-order valence-corrected chi connectivity index (χ4v) is 3.40. The van der Waals surface area contributed by atoms with Crippen LogP contribution in [0.15, 0.2) is 23.1 Å². The fraction of sp³-hybridized carbons (Fsp3) is 0.455. The minimum absolute atomic E-state index is 0.171. The highest BCUT2D eigenvalue weighted by Gasteiger charge is 2.48. The van der Waals surface area contributed by atoms with E-state index in [-0.39, 0.29) is 11.5 Å². The van der Waals surface area contributed by atoms with Crippen LogP contribution in [0.25, 0.3) is 0 Å². The van der Waals surface area contributed by atoms with Crippen LogP contribution < -0.4 is 4.72 Å². The van der Waals surface area contributed by atoms with Crippen molar-refractivity contribution in [3.05, 3.63) is 34.1 Å². The molecule has 19 heavy (non-hydrogen) atoms. The third-order valence-electron chi connectivity index (χ3n) is 3.23. The number of benzene rings is 1. The van der Waals surface area contributed by atoms with Gasteiger partial charge in [0.2, 0.25) is 15.8 Å². The van der Waals surface area contributed by atoms with Crippen LogP contribution >= 0.6 is 0 Å². The molecule has 1 aromatic carbocycles. The summed E-state index contributed by atoms with van der Waals surface area (Å²) in [4.78, 5) is 9.13. The number of nitrogens with one attached hydrogen (secondary N) is 1. The lowest BCUT2D eigenvalue weighted by molar-refractivity contribution is -0.390. The zero-order chi connectivity index (χ0) is 14.4. The van der Waals surface area contributed by atoms with Gasteiger partial charge in [0.1, 0.15) is 0 Å². The number of sulfonamides is 1. The summed E-state index contributed by atoms with van der Waals surface area (Å²) in [5.74, 6) is -1.16. The van der Waals surface area contributed by atoms with E-state index in [1.54, 1.807) is 0 Å². The number of rotatable bonds is 4. The number of halogens is 1. The second kappa shape index (κ2) is 4.24.